The van der Waals surface area contributed by atoms with Crippen LogP contribution in [0.2, 0.25) is 0 Å². The van der Waals surface area contributed by atoms with Gasteiger partial charge in [-0.1, -0.05) is 25.5 Å². The van der Waals surface area contributed by atoms with Crippen molar-refractivity contribution >= 4 is 6.03 Å². The van der Waals surface area contributed by atoms with Gasteiger partial charge in [0.25, 0.3) is 0 Å². The first-order valence-corrected chi connectivity index (χ1v) is 9.82. The lowest BCUT2D eigenvalue weighted by molar-refractivity contribution is 0.0412. The van der Waals surface area contributed by atoms with Crippen molar-refractivity contribution in [1.82, 2.24) is 15.1 Å². The number of nitrogens with zero attached hydrogens (tertiary/aromatic N) is 2. The molecule has 0 bridgehead atoms. The molecular formula is C20H30FN3O2. The molecule has 2 fully saturated rings. The fraction of sp³-hybridized carbons (Fsp3) is 0.650. The summed E-state index contributed by atoms with van der Waals surface area (Å²) in [4.78, 5) is 16.5. The lowest BCUT2D eigenvalue weighted by Crippen LogP contribution is -2.59. The summed E-state index contributed by atoms with van der Waals surface area (Å²) in [5.74, 6) is 0.469. The van der Waals surface area contributed by atoms with E-state index in [0.29, 0.717) is 19.0 Å². The minimum absolute atomic E-state index is 0.0354. The van der Waals surface area contributed by atoms with Crippen molar-refractivity contribution in [2.75, 3.05) is 39.3 Å². The zero-order valence-electron chi connectivity index (χ0n) is 15.6. The van der Waals surface area contributed by atoms with Gasteiger partial charge in [0.2, 0.25) is 0 Å². The highest BCUT2D eigenvalue weighted by Crippen LogP contribution is 2.21. The molecule has 0 spiro atoms. The zero-order valence-corrected chi connectivity index (χ0v) is 15.6. The number of piperidine rings is 1. The molecular weight excluding hydrogens is 333 g/mol. The van der Waals surface area contributed by atoms with E-state index in [-0.39, 0.29) is 23.7 Å². The number of unbranched alkanes of at least 4 members (excludes halogenated alkanes) is 1. The lowest BCUT2D eigenvalue weighted by Gasteiger charge is -2.39. The molecule has 1 aromatic carbocycles. The molecule has 144 valence electrons. The highest BCUT2D eigenvalue weighted by molar-refractivity contribution is 5.75. The molecule has 0 saturated carbocycles. The summed E-state index contributed by atoms with van der Waals surface area (Å²) < 4.78 is 19.2. The third kappa shape index (κ3) is 5.10. The second kappa shape index (κ2) is 9.21. The van der Waals surface area contributed by atoms with Crippen LogP contribution in [-0.4, -0.2) is 61.2 Å². The number of para-hydroxylation sites is 1. The Morgan fingerprint density at radius 3 is 2.69 bits per heavy atom. The van der Waals surface area contributed by atoms with E-state index < -0.39 is 0 Å². The molecule has 0 unspecified atom stereocenters. The second-order valence-electron chi connectivity index (χ2n) is 7.40. The number of halogens is 1. The van der Waals surface area contributed by atoms with Crippen LogP contribution in [0.3, 0.4) is 0 Å². The summed E-state index contributed by atoms with van der Waals surface area (Å²) in [7, 11) is 0. The van der Waals surface area contributed by atoms with Gasteiger partial charge in [-0.05, 0) is 56.9 Å². The summed E-state index contributed by atoms with van der Waals surface area (Å²) in [6, 6.07) is 6.34. The SMILES string of the molecule is CCCCN1CCC(CNC(=O)N2CC(Oc3ccccc3F)C2)CC1. The molecule has 2 saturated heterocycles. The van der Waals surface area contributed by atoms with Gasteiger partial charge in [-0.15, -0.1) is 0 Å². The van der Waals surface area contributed by atoms with Crippen molar-refractivity contribution in [3.8, 4) is 5.75 Å². The molecule has 2 heterocycles. The van der Waals surface area contributed by atoms with E-state index in [1.54, 1.807) is 23.1 Å². The Kier molecular flexibility index (Phi) is 6.72. The third-order valence-corrected chi connectivity index (χ3v) is 5.34. The molecule has 5 nitrogen and oxygen atoms in total. The number of ether oxygens (including phenoxy) is 1. The predicted octanol–water partition coefficient (Wildman–Crippen LogP) is 3.11. The number of carbonyl (C=O) groups is 1. The van der Waals surface area contributed by atoms with Crippen LogP contribution in [0.1, 0.15) is 32.6 Å². The maximum Gasteiger partial charge on any atom is 0.317 e. The van der Waals surface area contributed by atoms with Crippen molar-refractivity contribution in [2.24, 2.45) is 5.92 Å². The van der Waals surface area contributed by atoms with Gasteiger partial charge in [0.15, 0.2) is 11.6 Å². The van der Waals surface area contributed by atoms with Gasteiger partial charge in [0.1, 0.15) is 6.10 Å². The molecule has 2 amide bonds. The van der Waals surface area contributed by atoms with Crippen LogP contribution in [0.25, 0.3) is 0 Å². The molecule has 6 heteroatoms. The Labute approximate surface area is 155 Å². The summed E-state index contributed by atoms with van der Waals surface area (Å²) in [5, 5.41) is 3.05. The van der Waals surface area contributed by atoms with E-state index >= 15 is 0 Å². The van der Waals surface area contributed by atoms with E-state index in [0.717, 1.165) is 32.5 Å². The first kappa shape index (κ1) is 19.0. The Morgan fingerprint density at radius 1 is 1.27 bits per heavy atom. The monoisotopic (exact) mass is 363 g/mol. The highest BCUT2D eigenvalue weighted by Gasteiger charge is 2.33. The topological polar surface area (TPSA) is 44.8 Å². The van der Waals surface area contributed by atoms with Gasteiger partial charge in [-0.3, -0.25) is 0 Å². The van der Waals surface area contributed by atoms with Crippen LogP contribution >= 0.6 is 0 Å². The van der Waals surface area contributed by atoms with E-state index in [2.05, 4.69) is 17.1 Å². The molecule has 26 heavy (non-hydrogen) atoms. The van der Waals surface area contributed by atoms with Crippen LogP contribution in [-0.2, 0) is 0 Å². The Hall–Kier alpha value is -1.82. The number of hydrogen-bond acceptors (Lipinski definition) is 3. The molecule has 1 aromatic rings. The van der Waals surface area contributed by atoms with Gasteiger partial charge in [0.05, 0.1) is 13.1 Å². The number of likely N-dealkylation sites (tertiary alicyclic amines) is 2. The van der Waals surface area contributed by atoms with Crippen molar-refractivity contribution in [3.05, 3.63) is 30.1 Å². The van der Waals surface area contributed by atoms with E-state index in [1.807, 2.05) is 0 Å². The largest absolute Gasteiger partial charge is 0.484 e. The predicted molar refractivity (Wildman–Crippen MR) is 99.9 cm³/mol. The molecule has 2 aliphatic heterocycles. The maximum atomic E-state index is 13.6. The van der Waals surface area contributed by atoms with Gasteiger partial charge in [0, 0.05) is 6.54 Å². The maximum absolute atomic E-state index is 13.6. The average molecular weight is 363 g/mol. The average Bonchev–Trinajstić information content (AvgIpc) is 2.63. The zero-order chi connectivity index (χ0) is 18.4. The molecule has 0 atom stereocenters. The smallest absolute Gasteiger partial charge is 0.317 e. The number of rotatable bonds is 7. The number of hydrogen-bond donors (Lipinski definition) is 1. The quantitative estimate of drug-likeness (QED) is 0.810. The minimum atomic E-state index is -0.360. The molecule has 3 rings (SSSR count). The lowest BCUT2D eigenvalue weighted by atomic mass is 9.96. The number of nitrogens with one attached hydrogen (secondary N) is 1. The Balaban J connectivity index is 1.30. The van der Waals surface area contributed by atoms with Crippen molar-refractivity contribution in [2.45, 2.75) is 38.7 Å². The van der Waals surface area contributed by atoms with E-state index in [4.69, 9.17) is 4.74 Å². The molecule has 2 aliphatic rings. The third-order valence-electron chi connectivity index (χ3n) is 5.34. The van der Waals surface area contributed by atoms with Crippen LogP contribution in [0.4, 0.5) is 9.18 Å². The standard InChI is InChI=1S/C20H30FN3O2/c1-2-3-10-23-11-8-16(9-12-23)13-22-20(25)24-14-17(15-24)26-19-7-5-4-6-18(19)21/h4-7,16-17H,2-3,8-15H2,1H3,(H,22,25). The van der Waals surface area contributed by atoms with Crippen LogP contribution in [0, 0.1) is 11.7 Å². The van der Waals surface area contributed by atoms with Crippen LogP contribution in [0.15, 0.2) is 24.3 Å². The summed E-state index contributed by atoms with van der Waals surface area (Å²) in [6.07, 6.45) is 4.70. The summed E-state index contributed by atoms with van der Waals surface area (Å²) in [6.45, 7) is 7.48. The molecule has 0 aromatic heterocycles. The molecule has 1 N–H and O–H groups in total. The molecule has 0 aliphatic carbocycles. The number of urea groups is 1. The second-order valence-corrected chi connectivity index (χ2v) is 7.40. The summed E-state index contributed by atoms with van der Waals surface area (Å²) >= 11 is 0. The van der Waals surface area contributed by atoms with Crippen LogP contribution in [0.5, 0.6) is 5.75 Å². The number of carbonyl (C=O) groups excluding carboxylic acids is 1. The van der Waals surface area contributed by atoms with Gasteiger partial charge in [-0.25, -0.2) is 9.18 Å². The Morgan fingerprint density at radius 2 is 2.00 bits per heavy atom. The van der Waals surface area contributed by atoms with Gasteiger partial charge < -0.3 is 19.9 Å². The van der Waals surface area contributed by atoms with Crippen molar-refractivity contribution in [3.63, 3.8) is 0 Å². The first-order valence-electron chi connectivity index (χ1n) is 9.82. The normalized spacial score (nSPS) is 19.2. The van der Waals surface area contributed by atoms with Gasteiger partial charge in [-0.2, -0.15) is 0 Å². The first-order chi connectivity index (χ1) is 12.7. The fourth-order valence-corrected chi connectivity index (χ4v) is 3.54. The highest BCUT2D eigenvalue weighted by atomic mass is 19.1. The van der Waals surface area contributed by atoms with E-state index in [1.165, 1.54) is 25.5 Å². The molecule has 0 radical (unpaired) electrons. The van der Waals surface area contributed by atoms with E-state index in [9.17, 15) is 9.18 Å². The van der Waals surface area contributed by atoms with Gasteiger partial charge >= 0.3 is 6.03 Å². The fourth-order valence-electron chi connectivity index (χ4n) is 3.54. The Bertz CT molecular complexity index is 584. The van der Waals surface area contributed by atoms with Crippen molar-refractivity contribution < 1.29 is 13.9 Å². The van der Waals surface area contributed by atoms with Crippen molar-refractivity contribution in [1.29, 1.82) is 0 Å². The summed E-state index contributed by atoms with van der Waals surface area (Å²) in [5.41, 5.74) is 0. The number of amides is 2. The minimum Gasteiger partial charge on any atom is -0.484 e. The number of benzene rings is 1. The van der Waals surface area contributed by atoms with Crippen LogP contribution < -0.4 is 10.1 Å².